The first-order chi connectivity index (χ1) is 8.27. The van der Waals surface area contributed by atoms with E-state index >= 15 is 0 Å². The molecule has 2 rings (SSSR count). The van der Waals surface area contributed by atoms with Crippen LogP contribution in [0.15, 0.2) is 24.3 Å². The van der Waals surface area contributed by atoms with Crippen LogP contribution in [-0.2, 0) is 0 Å². The van der Waals surface area contributed by atoms with Crippen molar-refractivity contribution in [1.82, 2.24) is 0 Å². The first-order valence-corrected chi connectivity index (χ1v) is 7.73. The maximum absolute atomic E-state index is 10.6. The van der Waals surface area contributed by atoms with Crippen LogP contribution in [-0.4, -0.2) is 28.2 Å². The van der Waals surface area contributed by atoms with Crippen LogP contribution in [0.3, 0.4) is 0 Å². The van der Waals surface area contributed by atoms with Crippen molar-refractivity contribution in [3.8, 4) is 0 Å². The van der Waals surface area contributed by atoms with Crippen molar-refractivity contribution < 1.29 is 4.92 Å². The van der Waals surface area contributed by atoms with Gasteiger partial charge < -0.3 is 4.90 Å². The molecular formula is C11H14N2O2S2. The zero-order chi connectivity index (χ0) is 12.1. The standard InChI is InChI=1S/C11H14N2O2S2/c14-13(15)11-4-2-10(3-5-11)12-8-16-6-1-7-17-9-12/h2-5H,1,6-9H2. The van der Waals surface area contributed by atoms with Gasteiger partial charge in [-0.05, 0) is 30.1 Å². The molecule has 0 N–H and O–H groups in total. The summed E-state index contributed by atoms with van der Waals surface area (Å²) >= 11 is 3.84. The number of nitrogens with zero attached hydrogens (tertiary/aromatic N) is 2. The molecule has 0 aromatic heterocycles. The van der Waals surface area contributed by atoms with Crippen LogP contribution in [0, 0.1) is 10.1 Å². The Labute approximate surface area is 109 Å². The third-order valence-electron chi connectivity index (χ3n) is 2.50. The van der Waals surface area contributed by atoms with Crippen LogP contribution in [0.5, 0.6) is 0 Å². The molecule has 1 aromatic carbocycles. The van der Waals surface area contributed by atoms with Gasteiger partial charge in [-0.15, -0.1) is 23.5 Å². The van der Waals surface area contributed by atoms with Gasteiger partial charge in [0, 0.05) is 17.8 Å². The number of nitro benzene ring substituents is 1. The van der Waals surface area contributed by atoms with Crippen molar-refractivity contribution in [2.75, 3.05) is 28.2 Å². The van der Waals surface area contributed by atoms with E-state index in [0.717, 1.165) is 17.4 Å². The van der Waals surface area contributed by atoms with Gasteiger partial charge in [0.2, 0.25) is 0 Å². The van der Waals surface area contributed by atoms with Crippen LogP contribution in [0.2, 0.25) is 0 Å². The van der Waals surface area contributed by atoms with Gasteiger partial charge in [-0.2, -0.15) is 0 Å². The van der Waals surface area contributed by atoms with E-state index < -0.39 is 0 Å². The van der Waals surface area contributed by atoms with E-state index in [-0.39, 0.29) is 10.6 Å². The van der Waals surface area contributed by atoms with Gasteiger partial charge >= 0.3 is 0 Å². The Morgan fingerprint density at radius 2 is 1.71 bits per heavy atom. The van der Waals surface area contributed by atoms with E-state index in [9.17, 15) is 10.1 Å². The molecule has 92 valence electrons. The minimum atomic E-state index is -0.360. The van der Waals surface area contributed by atoms with E-state index in [2.05, 4.69) is 4.90 Å². The number of hydrogen-bond acceptors (Lipinski definition) is 5. The first-order valence-electron chi connectivity index (χ1n) is 5.42. The molecule has 0 aliphatic carbocycles. The number of hydrogen-bond donors (Lipinski definition) is 0. The summed E-state index contributed by atoms with van der Waals surface area (Å²) in [7, 11) is 0. The fourth-order valence-electron chi connectivity index (χ4n) is 1.58. The summed E-state index contributed by atoms with van der Waals surface area (Å²) in [5.41, 5.74) is 1.22. The molecule has 0 bridgehead atoms. The van der Waals surface area contributed by atoms with Crippen molar-refractivity contribution in [3.63, 3.8) is 0 Å². The van der Waals surface area contributed by atoms with Gasteiger partial charge in [0.25, 0.3) is 5.69 Å². The summed E-state index contributed by atoms with van der Waals surface area (Å²) < 4.78 is 0. The van der Waals surface area contributed by atoms with Crippen molar-refractivity contribution >= 4 is 34.9 Å². The molecule has 4 nitrogen and oxygen atoms in total. The van der Waals surface area contributed by atoms with Gasteiger partial charge in [0.1, 0.15) is 0 Å². The summed E-state index contributed by atoms with van der Waals surface area (Å²) in [6.07, 6.45) is 1.27. The summed E-state index contributed by atoms with van der Waals surface area (Å²) in [4.78, 5) is 12.5. The number of nitro groups is 1. The second kappa shape index (κ2) is 6.16. The highest BCUT2D eigenvalue weighted by atomic mass is 32.2. The molecule has 1 aliphatic rings. The quantitative estimate of drug-likeness (QED) is 0.610. The summed E-state index contributed by atoms with van der Waals surface area (Å²) in [6.45, 7) is 0. The van der Waals surface area contributed by atoms with E-state index in [0.29, 0.717) is 0 Å². The molecule has 0 spiro atoms. The second-order valence-corrected chi connectivity index (χ2v) is 5.89. The van der Waals surface area contributed by atoms with E-state index in [4.69, 9.17) is 0 Å². The third-order valence-corrected chi connectivity index (χ3v) is 4.64. The van der Waals surface area contributed by atoms with Crippen molar-refractivity contribution in [2.45, 2.75) is 6.42 Å². The number of non-ortho nitro benzene ring substituents is 1. The molecule has 0 atom stereocenters. The Morgan fingerprint density at radius 1 is 1.12 bits per heavy atom. The minimum absolute atomic E-state index is 0.154. The molecule has 1 saturated heterocycles. The number of anilines is 1. The van der Waals surface area contributed by atoms with Crippen LogP contribution in [0.4, 0.5) is 11.4 Å². The fourth-order valence-corrected chi connectivity index (χ4v) is 3.76. The number of rotatable bonds is 2. The maximum atomic E-state index is 10.6. The van der Waals surface area contributed by atoms with Gasteiger partial charge in [-0.25, -0.2) is 0 Å². The number of benzene rings is 1. The predicted octanol–water partition coefficient (Wildman–Crippen LogP) is 3.19. The molecule has 1 aliphatic heterocycles. The highest BCUT2D eigenvalue weighted by molar-refractivity contribution is 8.00. The maximum Gasteiger partial charge on any atom is 0.269 e. The lowest BCUT2D eigenvalue weighted by Gasteiger charge is -2.25. The van der Waals surface area contributed by atoms with Crippen LogP contribution in [0.1, 0.15) is 6.42 Å². The smallest absolute Gasteiger partial charge is 0.269 e. The SMILES string of the molecule is O=[N+]([O-])c1ccc(N2CSCCCSC2)cc1. The molecule has 1 aromatic rings. The Balaban J connectivity index is 2.06. The Hall–Kier alpha value is -0.880. The monoisotopic (exact) mass is 270 g/mol. The Kier molecular flexibility index (Phi) is 4.56. The Morgan fingerprint density at radius 3 is 2.24 bits per heavy atom. The van der Waals surface area contributed by atoms with Gasteiger partial charge in [0.05, 0.1) is 16.7 Å². The fraction of sp³-hybridized carbons (Fsp3) is 0.455. The van der Waals surface area contributed by atoms with E-state index in [1.165, 1.54) is 17.9 Å². The third kappa shape index (κ3) is 3.54. The van der Waals surface area contributed by atoms with Gasteiger partial charge in [0.15, 0.2) is 0 Å². The first kappa shape index (κ1) is 12.6. The average molecular weight is 270 g/mol. The highest BCUT2D eigenvalue weighted by Crippen LogP contribution is 2.25. The molecule has 6 heteroatoms. The zero-order valence-corrected chi connectivity index (χ0v) is 11.0. The summed E-state index contributed by atoms with van der Waals surface area (Å²) in [5.74, 6) is 4.31. The topological polar surface area (TPSA) is 46.4 Å². The lowest BCUT2D eigenvalue weighted by atomic mass is 10.3. The van der Waals surface area contributed by atoms with Gasteiger partial charge in [-0.1, -0.05) is 0 Å². The molecule has 1 fully saturated rings. The van der Waals surface area contributed by atoms with Crippen LogP contribution < -0.4 is 4.90 Å². The number of thioether (sulfide) groups is 2. The average Bonchev–Trinajstić information content (AvgIpc) is 2.29. The summed E-state index contributed by atoms with van der Waals surface area (Å²) in [5, 5.41) is 10.6. The van der Waals surface area contributed by atoms with Crippen molar-refractivity contribution in [2.24, 2.45) is 0 Å². The molecule has 0 amide bonds. The lowest BCUT2D eigenvalue weighted by Crippen LogP contribution is -2.23. The zero-order valence-electron chi connectivity index (χ0n) is 9.37. The van der Waals surface area contributed by atoms with Crippen molar-refractivity contribution in [3.05, 3.63) is 34.4 Å². The molecule has 1 heterocycles. The summed E-state index contributed by atoms with van der Waals surface area (Å²) in [6, 6.07) is 6.81. The molecule has 17 heavy (non-hydrogen) atoms. The minimum Gasteiger partial charge on any atom is -0.353 e. The largest absolute Gasteiger partial charge is 0.353 e. The lowest BCUT2D eigenvalue weighted by molar-refractivity contribution is -0.384. The van der Waals surface area contributed by atoms with Crippen LogP contribution >= 0.6 is 23.5 Å². The van der Waals surface area contributed by atoms with Gasteiger partial charge in [-0.3, -0.25) is 10.1 Å². The van der Waals surface area contributed by atoms with E-state index in [1.807, 2.05) is 35.7 Å². The normalized spacial score (nSPS) is 17.3. The Bertz CT molecular complexity index is 376. The van der Waals surface area contributed by atoms with Crippen LogP contribution in [0.25, 0.3) is 0 Å². The second-order valence-electron chi connectivity index (χ2n) is 3.74. The molecule has 0 unspecified atom stereocenters. The molecular weight excluding hydrogens is 256 g/mol. The van der Waals surface area contributed by atoms with E-state index in [1.54, 1.807) is 12.1 Å². The highest BCUT2D eigenvalue weighted by Gasteiger charge is 2.11. The molecule has 0 saturated carbocycles. The molecule has 0 radical (unpaired) electrons. The predicted molar refractivity (Wildman–Crippen MR) is 74.8 cm³/mol. The van der Waals surface area contributed by atoms with Crippen molar-refractivity contribution in [1.29, 1.82) is 0 Å².